The minimum absolute atomic E-state index is 0.0659. The van der Waals surface area contributed by atoms with Crippen molar-refractivity contribution in [3.63, 3.8) is 0 Å². The van der Waals surface area contributed by atoms with Gasteiger partial charge in [-0.2, -0.15) is 0 Å². The molecule has 1 heterocycles. The summed E-state index contributed by atoms with van der Waals surface area (Å²) in [5.74, 6) is 0.759. The smallest absolute Gasteiger partial charge is 0.239 e. The molecule has 2 rings (SSSR count). The number of carbonyl (C=O) groups is 2. The molecule has 5 nitrogen and oxygen atoms in total. The number of rotatable bonds is 5. The van der Waals surface area contributed by atoms with Gasteiger partial charge in [0.25, 0.3) is 0 Å². The molecular weight excluding hydrogens is 256 g/mol. The highest BCUT2D eigenvalue weighted by molar-refractivity contribution is 5.84. The fraction of sp³-hybridized carbons (Fsp3) is 0.867. The lowest BCUT2D eigenvalue weighted by Crippen LogP contribution is -2.42. The van der Waals surface area contributed by atoms with Gasteiger partial charge in [0.1, 0.15) is 0 Å². The maximum Gasteiger partial charge on any atom is 0.239 e. The van der Waals surface area contributed by atoms with Gasteiger partial charge in [-0.15, -0.1) is 0 Å². The number of amides is 2. The van der Waals surface area contributed by atoms with Crippen molar-refractivity contribution < 1.29 is 14.7 Å². The Bertz CT molecular complexity index is 346. The molecule has 1 aliphatic heterocycles. The molecule has 0 spiro atoms. The lowest BCUT2D eigenvalue weighted by Gasteiger charge is -2.22. The zero-order valence-electron chi connectivity index (χ0n) is 12.1. The predicted molar refractivity (Wildman–Crippen MR) is 76.0 cm³/mol. The van der Waals surface area contributed by atoms with E-state index in [1.165, 1.54) is 0 Å². The second-order valence-corrected chi connectivity index (χ2v) is 6.06. The van der Waals surface area contributed by atoms with Crippen LogP contribution in [0, 0.1) is 11.8 Å². The van der Waals surface area contributed by atoms with Gasteiger partial charge in [-0.05, 0) is 37.5 Å². The highest BCUT2D eigenvalue weighted by Gasteiger charge is 2.27. The van der Waals surface area contributed by atoms with Gasteiger partial charge in [0.15, 0.2) is 0 Å². The standard InChI is InChI=1S/C15H26N2O3/c18-11-13-6-4-5-12(13)9-16-14(19)10-17-8-3-1-2-7-15(17)20/h12-13,18H,1-11H2,(H,16,19). The van der Waals surface area contributed by atoms with Crippen LogP contribution in [0.25, 0.3) is 0 Å². The zero-order chi connectivity index (χ0) is 14.4. The van der Waals surface area contributed by atoms with E-state index < -0.39 is 0 Å². The summed E-state index contributed by atoms with van der Waals surface area (Å²) >= 11 is 0. The summed E-state index contributed by atoms with van der Waals surface area (Å²) in [4.78, 5) is 25.5. The molecule has 2 N–H and O–H groups in total. The number of nitrogens with zero attached hydrogens (tertiary/aromatic N) is 1. The van der Waals surface area contributed by atoms with Crippen LogP contribution in [0.4, 0.5) is 0 Å². The average Bonchev–Trinajstić information content (AvgIpc) is 2.81. The molecule has 0 aromatic carbocycles. The van der Waals surface area contributed by atoms with Crippen molar-refractivity contribution in [1.82, 2.24) is 10.2 Å². The van der Waals surface area contributed by atoms with Crippen molar-refractivity contribution >= 4 is 11.8 Å². The number of nitrogens with one attached hydrogen (secondary N) is 1. The molecule has 0 bridgehead atoms. The topological polar surface area (TPSA) is 69.6 Å². The summed E-state index contributed by atoms with van der Waals surface area (Å²) in [6.45, 7) is 1.74. The van der Waals surface area contributed by atoms with Gasteiger partial charge in [0.05, 0.1) is 6.54 Å². The highest BCUT2D eigenvalue weighted by atomic mass is 16.3. The van der Waals surface area contributed by atoms with Gasteiger partial charge in [0.2, 0.25) is 11.8 Å². The number of hydrogen-bond donors (Lipinski definition) is 2. The van der Waals surface area contributed by atoms with Crippen molar-refractivity contribution in [2.24, 2.45) is 11.8 Å². The van der Waals surface area contributed by atoms with Crippen LogP contribution in [0.3, 0.4) is 0 Å². The molecule has 2 atom stereocenters. The van der Waals surface area contributed by atoms with Crippen LogP contribution in [0.2, 0.25) is 0 Å². The number of carbonyl (C=O) groups excluding carboxylic acids is 2. The van der Waals surface area contributed by atoms with E-state index in [2.05, 4.69) is 5.32 Å². The quantitative estimate of drug-likeness (QED) is 0.787. The molecule has 5 heteroatoms. The summed E-state index contributed by atoms with van der Waals surface area (Å²) in [5.41, 5.74) is 0. The predicted octanol–water partition coefficient (Wildman–Crippen LogP) is 0.914. The fourth-order valence-corrected chi connectivity index (χ4v) is 3.30. The third kappa shape index (κ3) is 4.20. The molecule has 2 aliphatic rings. The molecule has 1 aliphatic carbocycles. The van der Waals surface area contributed by atoms with Crippen molar-refractivity contribution in [2.45, 2.75) is 44.9 Å². The van der Waals surface area contributed by atoms with Gasteiger partial charge in [-0.25, -0.2) is 0 Å². The normalized spacial score (nSPS) is 27.4. The Hall–Kier alpha value is -1.10. The van der Waals surface area contributed by atoms with E-state index >= 15 is 0 Å². The molecule has 0 aromatic rings. The lowest BCUT2D eigenvalue weighted by molar-refractivity contribution is -0.135. The third-order valence-electron chi connectivity index (χ3n) is 4.62. The molecular formula is C15H26N2O3. The molecule has 2 fully saturated rings. The van der Waals surface area contributed by atoms with Crippen LogP contribution in [-0.2, 0) is 9.59 Å². The Labute approximate surface area is 120 Å². The second-order valence-electron chi connectivity index (χ2n) is 6.06. The average molecular weight is 282 g/mol. The second kappa shape index (κ2) is 7.62. The van der Waals surface area contributed by atoms with Gasteiger partial charge in [0, 0.05) is 26.1 Å². The largest absolute Gasteiger partial charge is 0.396 e. The number of hydrogen-bond acceptors (Lipinski definition) is 3. The third-order valence-corrected chi connectivity index (χ3v) is 4.62. The summed E-state index contributed by atoms with van der Waals surface area (Å²) in [5, 5.41) is 12.2. The van der Waals surface area contributed by atoms with E-state index in [0.29, 0.717) is 31.3 Å². The van der Waals surface area contributed by atoms with E-state index in [-0.39, 0.29) is 25.0 Å². The van der Waals surface area contributed by atoms with Crippen molar-refractivity contribution in [2.75, 3.05) is 26.2 Å². The fourth-order valence-electron chi connectivity index (χ4n) is 3.30. The summed E-state index contributed by atoms with van der Waals surface area (Å²) in [6.07, 6.45) is 6.85. The molecule has 0 radical (unpaired) electrons. The van der Waals surface area contributed by atoms with Gasteiger partial charge in [-0.1, -0.05) is 12.8 Å². The number of likely N-dealkylation sites (tertiary alicyclic amines) is 1. The first kappa shape index (κ1) is 15.3. The Morgan fingerprint density at radius 3 is 2.80 bits per heavy atom. The monoisotopic (exact) mass is 282 g/mol. The minimum atomic E-state index is -0.0659. The molecule has 114 valence electrons. The molecule has 2 unspecified atom stereocenters. The van der Waals surface area contributed by atoms with Gasteiger partial charge in [-0.3, -0.25) is 9.59 Å². The van der Waals surface area contributed by atoms with Crippen molar-refractivity contribution in [3.8, 4) is 0 Å². The first-order valence-electron chi connectivity index (χ1n) is 7.86. The molecule has 2 amide bonds. The summed E-state index contributed by atoms with van der Waals surface area (Å²) in [7, 11) is 0. The summed E-state index contributed by atoms with van der Waals surface area (Å²) < 4.78 is 0. The van der Waals surface area contributed by atoms with Crippen LogP contribution in [0.1, 0.15) is 44.9 Å². The molecule has 1 saturated carbocycles. The Kier molecular flexibility index (Phi) is 5.83. The van der Waals surface area contributed by atoms with Crippen LogP contribution in [0.5, 0.6) is 0 Å². The Balaban J connectivity index is 1.73. The van der Waals surface area contributed by atoms with E-state index in [0.717, 1.165) is 38.5 Å². The van der Waals surface area contributed by atoms with Crippen molar-refractivity contribution in [3.05, 3.63) is 0 Å². The van der Waals surface area contributed by atoms with E-state index in [1.807, 2.05) is 0 Å². The highest BCUT2D eigenvalue weighted by Crippen LogP contribution is 2.30. The maximum absolute atomic E-state index is 12.0. The Morgan fingerprint density at radius 1 is 1.20 bits per heavy atom. The number of aliphatic hydroxyl groups excluding tert-OH is 1. The summed E-state index contributed by atoms with van der Waals surface area (Å²) in [6, 6.07) is 0. The minimum Gasteiger partial charge on any atom is -0.396 e. The molecule has 20 heavy (non-hydrogen) atoms. The van der Waals surface area contributed by atoms with Crippen LogP contribution < -0.4 is 5.32 Å². The molecule has 0 aromatic heterocycles. The number of aliphatic hydroxyl groups is 1. The van der Waals surface area contributed by atoms with Crippen LogP contribution in [0.15, 0.2) is 0 Å². The SMILES string of the molecule is O=C(CN1CCCCCC1=O)NCC1CCCC1CO. The van der Waals surface area contributed by atoms with Gasteiger partial charge < -0.3 is 15.3 Å². The van der Waals surface area contributed by atoms with E-state index in [9.17, 15) is 14.7 Å². The van der Waals surface area contributed by atoms with E-state index in [1.54, 1.807) is 4.90 Å². The Morgan fingerprint density at radius 2 is 2.00 bits per heavy atom. The van der Waals surface area contributed by atoms with Crippen LogP contribution in [-0.4, -0.2) is 48.1 Å². The van der Waals surface area contributed by atoms with Crippen molar-refractivity contribution in [1.29, 1.82) is 0 Å². The first-order chi connectivity index (χ1) is 9.70. The van der Waals surface area contributed by atoms with Crippen LogP contribution >= 0.6 is 0 Å². The lowest BCUT2D eigenvalue weighted by atomic mass is 9.97. The first-order valence-corrected chi connectivity index (χ1v) is 7.86. The molecule has 1 saturated heterocycles. The van der Waals surface area contributed by atoms with E-state index in [4.69, 9.17) is 0 Å². The maximum atomic E-state index is 12.0. The zero-order valence-corrected chi connectivity index (χ0v) is 12.1. The van der Waals surface area contributed by atoms with Gasteiger partial charge >= 0.3 is 0 Å².